The van der Waals surface area contributed by atoms with Gasteiger partial charge in [-0.3, -0.25) is 0 Å². The van der Waals surface area contributed by atoms with Crippen LogP contribution in [0.1, 0.15) is 64.1 Å². The number of rotatable bonds is 8. The van der Waals surface area contributed by atoms with E-state index in [0.717, 1.165) is 30.5 Å². The van der Waals surface area contributed by atoms with Crippen LogP contribution in [0.15, 0.2) is 6.07 Å². The molecule has 0 aliphatic heterocycles. The number of aromatic nitrogens is 2. The minimum atomic E-state index is 0.553. The van der Waals surface area contributed by atoms with Crippen LogP contribution in [0, 0.1) is 5.41 Å². The first-order valence-corrected chi connectivity index (χ1v) is 8.11. The van der Waals surface area contributed by atoms with Crippen molar-refractivity contribution in [2.45, 2.75) is 58.3 Å². The molecule has 20 heavy (non-hydrogen) atoms. The Morgan fingerprint density at radius 2 is 1.85 bits per heavy atom. The van der Waals surface area contributed by atoms with E-state index in [0.29, 0.717) is 11.3 Å². The highest BCUT2D eigenvalue weighted by Gasteiger charge is 2.41. The maximum absolute atomic E-state index is 4.71. The zero-order valence-electron chi connectivity index (χ0n) is 12.7. The molecule has 2 aliphatic carbocycles. The molecule has 2 saturated carbocycles. The lowest BCUT2D eigenvalue weighted by Crippen LogP contribution is -2.17. The third-order valence-corrected chi connectivity index (χ3v) is 4.43. The Kier molecular flexibility index (Phi) is 3.81. The van der Waals surface area contributed by atoms with E-state index in [1.54, 1.807) is 0 Å². The molecule has 2 fully saturated rings. The molecule has 1 aromatic rings. The Morgan fingerprint density at radius 1 is 1.15 bits per heavy atom. The molecule has 0 bridgehead atoms. The molecule has 4 heteroatoms. The first-order valence-electron chi connectivity index (χ1n) is 8.11. The van der Waals surface area contributed by atoms with Crippen molar-refractivity contribution in [3.05, 3.63) is 11.9 Å². The summed E-state index contributed by atoms with van der Waals surface area (Å²) in [6, 6.07) is 2.05. The highest BCUT2D eigenvalue weighted by molar-refractivity contribution is 5.48. The SMILES string of the molecule is CCCC1(CNc2cc(NCC)nc(C3CC3)n2)CC1. The lowest BCUT2D eigenvalue weighted by Gasteiger charge is -2.16. The summed E-state index contributed by atoms with van der Waals surface area (Å²) in [7, 11) is 0. The molecule has 2 aliphatic rings. The predicted molar refractivity (Wildman–Crippen MR) is 83.2 cm³/mol. The smallest absolute Gasteiger partial charge is 0.136 e. The fraction of sp³-hybridized carbons (Fsp3) is 0.750. The van der Waals surface area contributed by atoms with Crippen LogP contribution in [0.4, 0.5) is 11.6 Å². The van der Waals surface area contributed by atoms with Crippen molar-refractivity contribution >= 4 is 11.6 Å². The molecule has 0 radical (unpaired) electrons. The van der Waals surface area contributed by atoms with Crippen LogP contribution in [0.2, 0.25) is 0 Å². The van der Waals surface area contributed by atoms with Crippen molar-refractivity contribution in [2.75, 3.05) is 23.7 Å². The Hall–Kier alpha value is -1.32. The van der Waals surface area contributed by atoms with E-state index in [9.17, 15) is 0 Å². The zero-order valence-corrected chi connectivity index (χ0v) is 12.7. The van der Waals surface area contributed by atoms with Gasteiger partial charge in [0.15, 0.2) is 0 Å². The number of nitrogens with one attached hydrogen (secondary N) is 2. The van der Waals surface area contributed by atoms with Gasteiger partial charge >= 0.3 is 0 Å². The molecule has 3 rings (SSSR count). The minimum absolute atomic E-state index is 0.553. The fourth-order valence-corrected chi connectivity index (χ4v) is 2.85. The summed E-state index contributed by atoms with van der Waals surface area (Å²) in [6.45, 7) is 6.35. The van der Waals surface area contributed by atoms with Gasteiger partial charge in [-0.1, -0.05) is 13.3 Å². The van der Waals surface area contributed by atoms with E-state index >= 15 is 0 Å². The van der Waals surface area contributed by atoms with Crippen LogP contribution in [0.3, 0.4) is 0 Å². The Morgan fingerprint density at radius 3 is 2.40 bits per heavy atom. The van der Waals surface area contributed by atoms with Crippen LogP contribution in [-0.4, -0.2) is 23.1 Å². The van der Waals surface area contributed by atoms with Gasteiger partial charge < -0.3 is 10.6 Å². The highest BCUT2D eigenvalue weighted by Crippen LogP contribution is 2.49. The second-order valence-electron chi connectivity index (χ2n) is 6.40. The molecule has 0 aromatic carbocycles. The molecule has 1 aromatic heterocycles. The lowest BCUT2D eigenvalue weighted by atomic mass is 10.0. The van der Waals surface area contributed by atoms with E-state index in [1.807, 2.05) is 0 Å². The van der Waals surface area contributed by atoms with Crippen LogP contribution in [0.5, 0.6) is 0 Å². The van der Waals surface area contributed by atoms with E-state index in [1.165, 1.54) is 38.5 Å². The molecule has 2 N–H and O–H groups in total. The van der Waals surface area contributed by atoms with Crippen molar-refractivity contribution in [3.8, 4) is 0 Å². The third-order valence-electron chi connectivity index (χ3n) is 4.43. The van der Waals surface area contributed by atoms with E-state index in [2.05, 4.69) is 35.5 Å². The van der Waals surface area contributed by atoms with Gasteiger partial charge in [-0.05, 0) is 44.4 Å². The van der Waals surface area contributed by atoms with Gasteiger partial charge in [-0.2, -0.15) is 0 Å². The van der Waals surface area contributed by atoms with Crippen molar-refractivity contribution < 1.29 is 0 Å². The maximum Gasteiger partial charge on any atom is 0.136 e. The number of anilines is 2. The molecule has 110 valence electrons. The van der Waals surface area contributed by atoms with Crippen molar-refractivity contribution in [2.24, 2.45) is 5.41 Å². The van der Waals surface area contributed by atoms with Gasteiger partial charge in [0.05, 0.1) is 0 Å². The van der Waals surface area contributed by atoms with Crippen LogP contribution < -0.4 is 10.6 Å². The first kappa shape index (κ1) is 13.7. The van der Waals surface area contributed by atoms with Gasteiger partial charge in [0.25, 0.3) is 0 Å². The maximum atomic E-state index is 4.71. The second kappa shape index (κ2) is 5.58. The van der Waals surface area contributed by atoms with Gasteiger partial charge in [-0.15, -0.1) is 0 Å². The summed E-state index contributed by atoms with van der Waals surface area (Å²) in [5, 5.41) is 6.88. The third kappa shape index (κ3) is 3.22. The Labute approximate surface area is 121 Å². The molecular weight excluding hydrogens is 248 g/mol. The lowest BCUT2D eigenvalue weighted by molar-refractivity contribution is 0.485. The molecule has 0 saturated heterocycles. The molecule has 0 amide bonds. The summed E-state index contributed by atoms with van der Waals surface area (Å²) in [4.78, 5) is 9.33. The van der Waals surface area contributed by atoms with E-state index < -0.39 is 0 Å². The number of nitrogens with zero attached hydrogens (tertiary/aromatic N) is 2. The van der Waals surface area contributed by atoms with Gasteiger partial charge in [0.1, 0.15) is 17.5 Å². The summed E-state index contributed by atoms with van der Waals surface area (Å²) >= 11 is 0. The van der Waals surface area contributed by atoms with Gasteiger partial charge in [-0.25, -0.2) is 9.97 Å². The van der Waals surface area contributed by atoms with Crippen LogP contribution in [0.25, 0.3) is 0 Å². The average Bonchev–Trinajstić information content (AvgIpc) is 3.32. The molecule has 0 spiro atoms. The largest absolute Gasteiger partial charge is 0.370 e. The fourth-order valence-electron chi connectivity index (χ4n) is 2.85. The van der Waals surface area contributed by atoms with Gasteiger partial charge in [0.2, 0.25) is 0 Å². The minimum Gasteiger partial charge on any atom is -0.370 e. The average molecular weight is 274 g/mol. The monoisotopic (exact) mass is 274 g/mol. The molecule has 0 atom stereocenters. The zero-order chi connectivity index (χ0) is 14.0. The van der Waals surface area contributed by atoms with Crippen molar-refractivity contribution in [3.63, 3.8) is 0 Å². The highest BCUT2D eigenvalue weighted by atomic mass is 15.1. The predicted octanol–water partition coefficient (Wildman–Crippen LogP) is 3.78. The van der Waals surface area contributed by atoms with Crippen LogP contribution >= 0.6 is 0 Å². The quantitative estimate of drug-likeness (QED) is 0.757. The topological polar surface area (TPSA) is 49.8 Å². The van der Waals surface area contributed by atoms with Crippen molar-refractivity contribution in [1.29, 1.82) is 0 Å². The first-order chi connectivity index (χ1) is 9.74. The summed E-state index contributed by atoms with van der Waals surface area (Å²) in [5.41, 5.74) is 0.553. The van der Waals surface area contributed by atoms with E-state index in [4.69, 9.17) is 4.98 Å². The second-order valence-corrected chi connectivity index (χ2v) is 6.40. The Bertz CT molecular complexity index is 464. The summed E-state index contributed by atoms with van der Waals surface area (Å²) in [6.07, 6.45) is 7.84. The molecule has 1 heterocycles. The van der Waals surface area contributed by atoms with Gasteiger partial charge in [0, 0.05) is 25.1 Å². The summed E-state index contributed by atoms with van der Waals surface area (Å²) < 4.78 is 0. The van der Waals surface area contributed by atoms with E-state index in [-0.39, 0.29) is 0 Å². The standard InChI is InChI=1S/C16H26N4/c1-3-7-16(8-9-16)11-18-14-10-13(17-4-2)19-15(20-14)12-5-6-12/h10,12H,3-9,11H2,1-2H3,(H2,17,18,19,20). The molecular formula is C16H26N4. The number of hydrogen-bond donors (Lipinski definition) is 2. The van der Waals surface area contributed by atoms with Crippen molar-refractivity contribution in [1.82, 2.24) is 9.97 Å². The molecule has 0 unspecified atom stereocenters. The van der Waals surface area contributed by atoms with Crippen LogP contribution in [-0.2, 0) is 0 Å². The Balaban J connectivity index is 1.68. The summed E-state index contributed by atoms with van der Waals surface area (Å²) in [5.74, 6) is 3.58. The normalized spacial score (nSPS) is 19.7. The molecule has 4 nitrogen and oxygen atoms in total. The number of hydrogen-bond acceptors (Lipinski definition) is 4.